The maximum atomic E-state index is 3.66. The summed E-state index contributed by atoms with van der Waals surface area (Å²) in [5.74, 6) is 1.02. The molecule has 0 aromatic rings. The molecule has 0 radical (unpaired) electrons. The molecule has 1 saturated carbocycles. The first kappa shape index (κ1) is 12.0. The van der Waals surface area contributed by atoms with Crippen LogP contribution < -0.4 is 5.32 Å². The summed E-state index contributed by atoms with van der Waals surface area (Å²) in [6.07, 6.45) is 10.00. The van der Waals surface area contributed by atoms with Crippen molar-refractivity contribution in [3.05, 3.63) is 0 Å². The van der Waals surface area contributed by atoms with Crippen molar-refractivity contribution in [2.24, 2.45) is 5.92 Å². The molecule has 14 heavy (non-hydrogen) atoms. The summed E-state index contributed by atoms with van der Waals surface area (Å²) in [6.45, 7) is 8.07. The van der Waals surface area contributed by atoms with Crippen LogP contribution in [0.2, 0.25) is 0 Å². The first-order valence-electron chi connectivity index (χ1n) is 6.39. The molecule has 1 fully saturated rings. The standard InChI is InChI=1S/C13H27N/c1-4-13(2,3)14-11-10-12-8-6-5-7-9-12/h12,14H,4-11H2,1-3H3. The van der Waals surface area contributed by atoms with E-state index in [9.17, 15) is 0 Å². The van der Waals surface area contributed by atoms with Crippen molar-refractivity contribution in [1.29, 1.82) is 0 Å². The first-order valence-corrected chi connectivity index (χ1v) is 6.39. The molecule has 0 saturated heterocycles. The molecule has 0 heterocycles. The van der Waals surface area contributed by atoms with Gasteiger partial charge in [0.15, 0.2) is 0 Å². The highest BCUT2D eigenvalue weighted by Crippen LogP contribution is 2.25. The lowest BCUT2D eigenvalue weighted by molar-refractivity contribution is 0.305. The predicted octanol–water partition coefficient (Wildman–Crippen LogP) is 3.74. The summed E-state index contributed by atoms with van der Waals surface area (Å²) in [5, 5.41) is 3.66. The van der Waals surface area contributed by atoms with E-state index in [0.717, 1.165) is 5.92 Å². The van der Waals surface area contributed by atoms with Gasteiger partial charge in [-0.1, -0.05) is 39.0 Å². The molecule has 0 spiro atoms. The Kier molecular flexibility index (Phi) is 4.94. The molecule has 0 bridgehead atoms. The van der Waals surface area contributed by atoms with Crippen LogP contribution in [-0.2, 0) is 0 Å². The van der Waals surface area contributed by atoms with Gasteiger partial charge in [0.25, 0.3) is 0 Å². The highest BCUT2D eigenvalue weighted by atomic mass is 14.9. The molecular weight excluding hydrogens is 170 g/mol. The van der Waals surface area contributed by atoms with Crippen molar-refractivity contribution in [3.63, 3.8) is 0 Å². The Hall–Kier alpha value is -0.0400. The summed E-state index contributed by atoms with van der Waals surface area (Å²) in [7, 11) is 0. The first-order chi connectivity index (χ1) is 6.64. The van der Waals surface area contributed by atoms with E-state index in [2.05, 4.69) is 26.1 Å². The molecule has 0 aliphatic heterocycles. The summed E-state index contributed by atoms with van der Waals surface area (Å²) < 4.78 is 0. The van der Waals surface area contributed by atoms with Gasteiger partial charge in [0.2, 0.25) is 0 Å². The van der Waals surface area contributed by atoms with E-state index in [1.54, 1.807) is 0 Å². The van der Waals surface area contributed by atoms with Crippen LogP contribution >= 0.6 is 0 Å². The average molecular weight is 197 g/mol. The normalized spacial score (nSPS) is 19.9. The molecule has 1 N–H and O–H groups in total. The molecule has 0 atom stereocenters. The van der Waals surface area contributed by atoms with E-state index in [0.29, 0.717) is 5.54 Å². The Morgan fingerprint density at radius 3 is 2.36 bits per heavy atom. The van der Waals surface area contributed by atoms with Crippen LogP contribution in [0.15, 0.2) is 0 Å². The highest BCUT2D eigenvalue weighted by Gasteiger charge is 2.16. The van der Waals surface area contributed by atoms with Crippen LogP contribution in [0.3, 0.4) is 0 Å². The Morgan fingerprint density at radius 1 is 1.14 bits per heavy atom. The van der Waals surface area contributed by atoms with Gasteiger partial charge >= 0.3 is 0 Å². The third-order valence-electron chi connectivity index (χ3n) is 3.76. The molecule has 0 amide bonds. The number of nitrogens with one attached hydrogen (secondary N) is 1. The number of hydrogen-bond donors (Lipinski definition) is 1. The van der Waals surface area contributed by atoms with E-state index in [1.807, 2.05) is 0 Å². The van der Waals surface area contributed by atoms with Gasteiger partial charge in [-0.15, -0.1) is 0 Å². The fraction of sp³-hybridized carbons (Fsp3) is 1.00. The second-order valence-electron chi connectivity index (χ2n) is 5.46. The van der Waals surface area contributed by atoms with Crippen molar-refractivity contribution in [2.75, 3.05) is 6.54 Å². The van der Waals surface area contributed by atoms with Crippen LogP contribution in [0, 0.1) is 5.92 Å². The zero-order valence-electron chi connectivity index (χ0n) is 10.2. The van der Waals surface area contributed by atoms with Gasteiger partial charge in [0.05, 0.1) is 0 Å². The topological polar surface area (TPSA) is 12.0 Å². The fourth-order valence-electron chi connectivity index (χ4n) is 2.22. The summed E-state index contributed by atoms with van der Waals surface area (Å²) in [4.78, 5) is 0. The minimum Gasteiger partial charge on any atom is -0.312 e. The van der Waals surface area contributed by atoms with Gasteiger partial charge in [-0.2, -0.15) is 0 Å². The molecule has 1 nitrogen and oxygen atoms in total. The zero-order chi connectivity index (χ0) is 10.4. The lowest BCUT2D eigenvalue weighted by Crippen LogP contribution is -2.39. The van der Waals surface area contributed by atoms with Gasteiger partial charge in [0.1, 0.15) is 0 Å². The highest BCUT2D eigenvalue weighted by molar-refractivity contribution is 4.76. The summed E-state index contributed by atoms with van der Waals surface area (Å²) >= 11 is 0. The van der Waals surface area contributed by atoms with E-state index in [1.165, 1.54) is 51.5 Å². The monoisotopic (exact) mass is 197 g/mol. The third-order valence-corrected chi connectivity index (χ3v) is 3.76. The predicted molar refractivity (Wildman–Crippen MR) is 63.6 cm³/mol. The van der Waals surface area contributed by atoms with Crippen LogP contribution in [0.4, 0.5) is 0 Å². The lowest BCUT2D eigenvalue weighted by atomic mass is 9.87. The molecule has 84 valence electrons. The molecule has 0 unspecified atom stereocenters. The smallest absolute Gasteiger partial charge is 0.0122 e. The zero-order valence-corrected chi connectivity index (χ0v) is 10.2. The SMILES string of the molecule is CCC(C)(C)NCCC1CCCCC1. The minimum absolute atomic E-state index is 0.342. The molecule has 1 aliphatic rings. The lowest BCUT2D eigenvalue weighted by Gasteiger charge is -2.27. The van der Waals surface area contributed by atoms with Crippen molar-refractivity contribution >= 4 is 0 Å². The van der Waals surface area contributed by atoms with Crippen molar-refractivity contribution in [2.45, 2.75) is 71.3 Å². The van der Waals surface area contributed by atoms with Crippen LogP contribution in [0.5, 0.6) is 0 Å². The third kappa shape index (κ3) is 4.45. The Labute approximate surface area is 89.7 Å². The maximum absolute atomic E-state index is 3.66. The summed E-state index contributed by atoms with van der Waals surface area (Å²) in [6, 6.07) is 0. The van der Waals surface area contributed by atoms with Crippen molar-refractivity contribution < 1.29 is 0 Å². The maximum Gasteiger partial charge on any atom is 0.0122 e. The van der Waals surface area contributed by atoms with Crippen molar-refractivity contribution in [3.8, 4) is 0 Å². The Balaban J connectivity index is 2.08. The number of hydrogen-bond acceptors (Lipinski definition) is 1. The van der Waals surface area contributed by atoms with E-state index in [4.69, 9.17) is 0 Å². The van der Waals surface area contributed by atoms with Gasteiger partial charge in [0, 0.05) is 5.54 Å². The van der Waals surface area contributed by atoms with Gasteiger partial charge in [-0.3, -0.25) is 0 Å². The molecule has 0 aromatic carbocycles. The van der Waals surface area contributed by atoms with Gasteiger partial charge < -0.3 is 5.32 Å². The molecule has 1 heteroatoms. The molecular formula is C13H27N. The van der Waals surface area contributed by atoms with E-state index < -0.39 is 0 Å². The summed E-state index contributed by atoms with van der Waals surface area (Å²) in [5.41, 5.74) is 0.342. The average Bonchev–Trinajstić information content (AvgIpc) is 2.19. The second-order valence-corrected chi connectivity index (χ2v) is 5.46. The van der Waals surface area contributed by atoms with Gasteiger partial charge in [-0.25, -0.2) is 0 Å². The van der Waals surface area contributed by atoms with Crippen LogP contribution in [-0.4, -0.2) is 12.1 Å². The molecule has 1 rings (SSSR count). The fourth-order valence-corrected chi connectivity index (χ4v) is 2.22. The van der Waals surface area contributed by atoms with Gasteiger partial charge in [-0.05, 0) is 39.2 Å². The quantitative estimate of drug-likeness (QED) is 0.708. The molecule has 0 aromatic heterocycles. The number of rotatable bonds is 5. The minimum atomic E-state index is 0.342. The Morgan fingerprint density at radius 2 is 1.79 bits per heavy atom. The molecule has 1 aliphatic carbocycles. The second kappa shape index (κ2) is 5.75. The van der Waals surface area contributed by atoms with E-state index in [-0.39, 0.29) is 0 Å². The van der Waals surface area contributed by atoms with Crippen molar-refractivity contribution in [1.82, 2.24) is 5.32 Å². The van der Waals surface area contributed by atoms with E-state index >= 15 is 0 Å². The Bertz CT molecular complexity index is 145. The largest absolute Gasteiger partial charge is 0.312 e. The van der Waals surface area contributed by atoms with Crippen LogP contribution in [0.25, 0.3) is 0 Å². The van der Waals surface area contributed by atoms with Crippen LogP contribution in [0.1, 0.15) is 65.7 Å².